The molecule has 6 heteroatoms. The summed E-state index contributed by atoms with van der Waals surface area (Å²) < 4.78 is 42.0. The molecule has 0 unspecified atom stereocenters. The molecule has 0 amide bonds. The zero-order valence-electron chi connectivity index (χ0n) is 8.03. The van der Waals surface area contributed by atoms with Gasteiger partial charge in [0.15, 0.2) is 0 Å². The van der Waals surface area contributed by atoms with Crippen LogP contribution in [0.5, 0.6) is 0 Å². The van der Waals surface area contributed by atoms with Crippen molar-refractivity contribution in [1.29, 1.82) is 0 Å². The summed E-state index contributed by atoms with van der Waals surface area (Å²) in [7, 11) is 0. The summed E-state index contributed by atoms with van der Waals surface area (Å²) in [5.41, 5.74) is -0.191. The Hall–Kier alpha value is -1.85. The highest BCUT2D eigenvalue weighted by Gasteiger charge is 2.30. The lowest BCUT2D eigenvalue weighted by Gasteiger charge is -2.07. The molecule has 0 spiro atoms. The molecule has 0 saturated heterocycles. The van der Waals surface area contributed by atoms with Crippen molar-refractivity contribution in [3.8, 4) is 0 Å². The monoisotopic (exact) mass is 228 g/mol. The van der Waals surface area contributed by atoms with Crippen LogP contribution in [0.2, 0.25) is 0 Å². The number of alkyl halides is 3. The smallest absolute Gasteiger partial charge is 0.416 e. The van der Waals surface area contributed by atoms with E-state index in [1.54, 1.807) is 6.07 Å². The normalized spacial score (nSPS) is 11.7. The van der Waals surface area contributed by atoms with Gasteiger partial charge < -0.3 is 4.42 Å². The lowest BCUT2D eigenvalue weighted by Crippen LogP contribution is -2.05. The summed E-state index contributed by atoms with van der Waals surface area (Å²) in [6.45, 7) is 0. The molecule has 1 aromatic heterocycles. The molecule has 84 valence electrons. The van der Waals surface area contributed by atoms with E-state index in [9.17, 15) is 13.2 Å². The summed E-state index contributed by atoms with van der Waals surface area (Å²) in [6, 6.07) is 5.04. The van der Waals surface area contributed by atoms with Gasteiger partial charge in [-0.05, 0) is 11.6 Å². The van der Waals surface area contributed by atoms with Crippen LogP contribution in [0, 0.1) is 0 Å². The van der Waals surface area contributed by atoms with Gasteiger partial charge >= 0.3 is 6.18 Å². The SMILES string of the molecule is FC(F)(F)c1cccc(Cc2nnco2)c1. The van der Waals surface area contributed by atoms with Crippen molar-refractivity contribution < 1.29 is 17.6 Å². The summed E-state index contributed by atoms with van der Waals surface area (Å²) >= 11 is 0. The van der Waals surface area contributed by atoms with Crippen LogP contribution in [0.25, 0.3) is 0 Å². The first-order valence-corrected chi connectivity index (χ1v) is 4.47. The minimum Gasteiger partial charge on any atom is -0.428 e. The summed E-state index contributed by atoms with van der Waals surface area (Å²) in [5.74, 6) is 0.291. The fourth-order valence-corrected chi connectivity index (χ4v) is 1.31. The molecule has 1 aromatic carbocycles. The number of benzene rings is 1. The number of nitrogens with zero attached hydrogens (tertiary/aromatic N) is 2. The van der Waals surface area contributed by atoms with Crippen molar-refractivity contribution in [1.82, 2.24) is 10.2 Å². The summed E-state index contributed by atoms with van der Waals surface area (Å²) in [5, 5.41) is 7.06. The van der Waals surface area contributed by atoms with E-state index < -0.39 is 11.7 Å². The molecule has 0 aliphatic heterocycles. The molecule has 0 saturated carbocycles. The molecule has 0 fully saturated rings. The van der Waals surface area contributed by atoms with Gasteiger partial charge in [-0.2, -0.15) is 13.2 Å². The Morgan fingerprint density at radius 2 is 2.06 bits per heavy atom. The van der Waals surface area contributed by atoms with Crippen molar-refractivity contribution in [3.05, 3.63) is 47.7 Å². The Bertz CT molecular complexity index is 465. The predicted molar refractivity (Wildman–Crippen MR) is 48.5 cm³/mol. The maximum atomic E-state index is 12.4. The van der Waals surface area contributed by atoms with Gasteiger partial charge in [-0.25, -0.2) is 0 Å². The van der Waals surface area contributed by atoms with E-state index in [0.717, 1.165) is 18.5 Å². The molecule has 0 bridgehead atoms. The fraction of sp³-hybridized carbons (Fsp3) is 0.200. The summed E-state index contributed by atoms with van der Waals surface area (Å²) in [4.78, 5) is 0. The fourth-order valence-electron chi connectivity index (χ4n) is 1.31. The number of hydrogen-bond acceptors (Lipinski definition) is 3. The van der Waals surface area contributed by atoms with Crippen LogP contribution in [0.4, 0.5) is 13.2 Å². The zero-order chi connectivity index (χ0) is 11.6. The highest BCUT2D eigenvalue weighted by molar-refractivity contribution is 5.27. The van der Waals surface area contributed by atoms with E-state index in [1.807, 2.05) is 0 Å². The molecule has 0 N–H and O–H groups in total. The number of hydrogen-bond donors (Lipinski definition) is 0. The van der Waals surface area contributed by atoms with Crippen LogP contribution in [0.15, 0.2) is 35.1 Å². The highest BCUT2D eigenvalue weighted by atomic mass is 19.4. The average molecular weight is 228 g/mol. The van der Waals surface area contributed by atoms with Gasteiger partial charge in [-0.15, -0.1) is 10.2 Å². The van der Waals surface area contributed by atoms with E-state index >= 15 is 0 Å². The van der Waals surface area contributed by atoms with E-state index in [1.165, 1.54) is 6.07 Å². The predicted octanol–water partition coefficient (Wildman–Crippen LogP) is 2.68. The number of aromatic nitrogens is 2. The first-order valence-electron chi connectivity index (χ1n) is 4.47. The molecule has 0 aliphatic carbocycles. The summed E-state index contributed by atoms with van der Waals surface area (Å²) in [6.07, 6.45) is -2.99. The molecule has 16 heavy (non-hydrogen) atoms. The Balaban J connectivity index is 2.23. The minimum atomic E-state index is -4.33. The van der Waals surface area contributed by atoms with Gasteiger partial charge in [-0.1, -0.05) is 18.2 Å². The largest absolute Gasteiger partial charge is 0.428 e. The maximum Gasteiger partial charge on any atom is 0.416 e. The van der Waals surface area contributed by atoms with Gasteiger partial charge in [0.1, 0.15) is 0 Å². The first kappa shape index (κ1) is 10.7. The molecule has 0 radical (unpaired) electrons. The highest BCUT2D eigenvalue weighted by Crippen LogP contribution is 2.29. The van der Waals surface area contributed by atoms with Gasteiger partial charge in [0.2, 0.25) is 12.3 Å². The standard InChI is InChI=1S/C10H7F3N2O/c11-10(12,13)8-3-1-2-7(4-8)5-9-15-14-6-16-9/h1-4,6H,5H2. The number of halogens is 3. The van der Waals surface area contributed by atoms with Crippen LogP contribution in [0.3, 0.4) is 0 Å². The third-order valence-electron chi connectivity index (χ3n) is 2.01. The van der Waals surface area contributed by atoms with Crippen molar-refractivity contribution in [2.24, 2.45) is 0 Å². The van der Waals surface area contributed by atoms with Crippen molar-refractivity contribution >= 4 is 0 Å². The molecule has 3 nitrogen and oxygen atoms in total. The van der Waals surface area contributed by atoms with Crippen molar-refractivity contribution in [3.63, 3.8) is 0 Å². The molecule has 2 aromatic rings. The van der Waals surface area contributed by atoms with Crippen LogP contribution in [-0.2, 0) is 12.6 Å². The van der Waals surface area contributed by atoms with Crippen LogP contribution >= 0.6 is 0 Å². The van der Waals surface area contributed by atoms with E-state index in [0.29, 0.717) is 11.5 Å². The Kier molecular flexibility index (Phi) is 2.64. The molecule has 2 rings (SSSR count). The van der Waals surface area contributed by atoms with Gasteiger partial charge in [0.05, 0.1) is 12.0 Å². The Morgan fingerprint density at radius 1 is 1.25 bits per heavy atom. The van der Waals surface area contributed by atoms with E-state index in [-0.39, 0.29) is 6.42 Å². The van der Waals surface area contributed by atoms with Crippen LogP contribution in [-0.4, -0.2) is 10.2 Å². The lowest BCUT2D eigenvalue weighted by molar-refractivity contribution is -0.137. The van der Waals surface area contributed by atoms with E-state index in [4.69, 9.17) is 4.42 Å². The van der Waals surface area contributed by atoms with Crippen molar-refractivity contribution in [2.75, 3.05) is 0 Å². The molecule has 0 atom stereocenters. The maximum absolute atomic E-state index is 12.4. The zero-order valence-corrected chi connectivity index (χ0v) is 8.03. The Labute approximate surface area is 88.9 Å². The molecular formula is C10H7F3N2O. The van der Waals surface area contributed by atoms with Crippen LogP contribution < -0.4 is 0 Å². The third-order valence-corrected chi connectivity index (χ3v) is 2.01. The molecular weight excluding hydrogens is 221 g/mol. The van der Waals surface area contributed by atoms with E-state index in [2.05, 4.69) is 10.2 Å². The molecule has 0 aliphatic rings. The average Bonchev–Trinajstić information content (AvgIpc) is 2.70. The second-order valence-corrected chi connectivity index (χ2v) is 3.21. The van der Waals surface area contributed by atoms with Crippen LogP contribution in [0.1, 0.15) is 17.0 Å². The quantitative estimate of drug-likeness (QED) is 0.793. The molecule has 1 heterocycles. The van der Waals surface area contributed by atoms with Gasteiger partial charge in [0.25, 0.3) is 0 Å². The number of rotatable bonds is 2. The second-order valence-electron chi connectivity index (χ2n) is 3.21. The first-order chi connectivity index (χ1) is 7.55. The third kappa shape index (κ3) is 2.39. The van der Waals surface area contributed by atoms with Gasteiger partial charge in [0, 0.05) is 0 Å². The topological polar surface area (TPSA) is 38.9 Å². The Morgan fingerprint density at radius 3 is 2.69 bits per heavy atom. The minimum absolute atomic E-state index is 0.198. The van der Waals surface area contributed by atoms with Crippen molar-refractivity contribution in [2.45, 2.75) is 12.6 Å². The lowest BCUT2D eigenvalue weighted by atomic mass is 10.1. The van der Waals surface area contributed by atoms with Gasteiger partial charge in [-0.3, -0.25) is 0 Å². The second kappa shape index (κ2) is 3.96.